The number of epoxide rings is 1. The van der Waals surface area contributed by atoms with Gasteiger partial charge in [0, 0.05) is 6.61 Å². The number of carbonyl (C=O) groups is 1. The monoisotopic (exact) mass is 268 g/mol. The van der Waals surface area contributed by atoms with Gasteiger partial charge in [-0.15, -0.1) is 0 Å². The highest BCUT2D eigenvalue weighted by Gasteiger charge is 2.33. The lowest BCUT2D eigenvalue weighted by molar-refractivity contribution is -0.118. The Labute approximate surface area is 104 Å². The highest BCUT2D eigenvalue weighted by Crippen LogP contribution is 2.20. The Balaban J connectivity index is 0.000000631. The second-order valence-corrected chi connectivity index (χ2v) is 3.88. The Hall–Kier alpha value is -0.930. The molecule has 0 aliphatic carbocycles. The third kappa shape index (κ3) is 8.20. The number of carboxylic acid groups (broad SMARTS) is 2. The Bertz CT molecular complexity index is 220. The Kier molecular flexibility index (Phi) is 8.59. The summed E-state index contributed by atoms with van der Waals surface area (Å²) in [6, 6.07) is 0. The van der Waals surface area contributed by atoms with Gasteiger partial charge in [-0.3, -0.25) is 0 Å². The van der Waals surface area contributed by atoms with E-state index in [1.54, 1.807) is 0 Å². The molecule has 0 amide bonds. The maximum Gasteiger partial charge on any atom is 0.503 e. The van der Waals surface area contributed by atoms with Crippen LogP contribution in [0.25, 0.3) is 0 Å². The van der Waals surface area contributed by atoms with Gasteiger partial charge < -0.3 is 35.0 Å². The van der Waals surface area contributed by atoms with Crippen molar-refractivity contribution in [2.45, 2.75) is 24.5 Å². The van der Waals surface area contributed by atoms with Crippen molar-refractivity contribution in [1.29, 1.82) is 0 Å². The smallest absolute Gasteiger partial charge is 0.450 e. The first kappa shape index (κ1) is 17.1. The van der Waals surface area contributed by atoms with Crippen LogP contribution in [0.5, 0.6) is 0 Å². The van der Waals surface area contributed by atoms with Gasteiger partial charge in [0.25, 0.3) is 0 Å². The van der Waals surface area contributed by atoms with Crippen LogP contribution in [0.15, 0.2) is 0 Å². The SMILES string of the molecule is O=C(O)O.OCCCC(CO)(CO)OCC1CO1. The lowest BCUT2D eigenvalue weighted by atomic mass is 10.00. The van der Waals surface area contributed by atoms with Crippen molar-refractivity contribution < 1.29 is 39.8 Å². The van der Waals surface area contributed by atoms with E-state index in [0.717, 1.165) is 0 Å². The van der Waals surface area contributed by atoms with Crippen LogP contribution in [0.4, 0.5) is 4.79 Å². The second kappa shape index (κ2) is 9.06. The summed E-state index contributed by atoms with van der Waals surface area (Å²) in [5.41, 5.74) is -0.922. The number of aliphatic hydroxyl groups is 3. The van der Waals surface area contributed by atoms with Crippen molar-refractivity contribution in [1.82, 2.24) is 0 Å². The van der Waals surface area contributed by atoms with Crippen LogP contribution >= 0.6 is 0 Å². The average Bonchev–Trinajstić information content (AvgIpc) is 3.14. The van der Waals surface area contributed by atoms with E-state index in [-0.39, 0.29) is 25.9 Å². The molecule has 8 nitrogen and oxygen atoms in total. The molecule has 0 spiro atoms. The van der Waals surface area contributed by atoms with Crippen molar-refractivity contribution in [2.24, 2.45) is 0 Å². The molecular weight excluding hydrogens is 248 g/mol. The quantitative estimate of drug-likeness (QED) is 0.357. The predicted molar refractivity (Wildman–Crippen MR) is 59.6 cm³/mol. The van der Waals surface area contributed by atoms with E-state index in [9.17, 15) is 0 Å². The Morgan fingerprint density at radius 3 is 2.11 bits per heavy atom. The molecule has 0 saturated carbocycles. The molecule has 0 radical (unpaired) electrons. The molecule has 1 unspecified atom stereocenters. The zero-order valence-electron chi connectivity index (χ0n) is 9.99. The average molecular weight is 268 g/mol. The summed E-state index contributed by atoms with van der Waals surface area (Å²) in [5, 5.41) is 40.9. The van der Waals surface area contributed by atoms with E-state index in [0.29, 0.717) is 26.1 Å². The van der Waals surface area contributed by atoms with Crippen LogP contribution < -0.4 is 0 Å². The molecule has 0 bridgehead atoms. The topological polar surface area (TPSA) is 140 Å². The molecule has 0 aromatic heterocycles. The highest BCUT2D eigenvalue weighted by molar-refractivity contribution is 5.53. The maximum atomic E-state index is 9.13. The number of ether oxygens (including phenoxy) is 2. The minimum Gasteiger partial charge on any atom is -0.450 e. The molecule has 1 saturated heterocycles. The van der Waals surface area contributed by atoms with Crippen molar-refractivity contribution in [2.75, 3.05) is 33.0 Å². The molecule has 1 rings (SSSR count). The van der Waals surface area contributed by atoms with Gasteiger partial charge >= 0.3 is 6.16 Å². The number of hydrogen-bond donors (Lipinski definition) is 5. The number of rotatable bonds is 8. The van der Waals surface area contributed by atoms with E-state index in [1.165, 1.54) is 0 Å². The summed E-state index contributed by atoms with van der Waals surface area (Å²) in [6.07, 6.45) is -0.767. The van der Waals surface area contributed by atoms with Crippen LogP contribution in [0, 0.1) is 0 Å². The molecule has 108 valence electrons. The van der Waals surface area contributed by atoms with Crippen molar-refractivity contribution in [3.63, 3.8) is 0 Å². The fourth-order valence-electron chi connectivity index (χ4n) is 1.21. The highest BCUT2D eigenvalue weighted by atomic mass is 16.6. The largest absolute Gasteiger partial charge is 0.503 e. The molecule has 0 aromatic rings. The van der Waals surface area contributed by atoms with Gasteiger partial charge in [0.1, 0.15) is 11.7 Å². The van der Waals surface area contributed by atoms with Crippen LogP contribution in [-0.2, 0) is 9.47 Å². The first-order valence-corrected chi connectivity index (χ1v) is 5.49. The fraction of sp³-hybridized carbons (Fsp3) is 0.900. The summed E-state index contributed by atoms with van der Waals surface area (Å²) < 4.78 is 10.4. The van der Waals surface area contributed by atoms with E-state index < -0.39 is 11.8 Å². The standard InChI is InChI=1S/C9H18O5.CH2O3/c10-3-1-2-9(6-11,7-12)14-5-8-4-13-8;2-1(3)4/h8,10-12H,1-7H2;(H2,2,3,4). The van der Waals surface area contributed by atoms with E-state index >= 15 is 0 Å². The Morgan fingerprint density at radius 2 is 1.78 bits per heavy atom. The van der Waals surface area contributed by atoms with Crippen molar-refractivity contribution >= 4 is 6.16 Å². The minimum atomic E-state index is -1.83. The third-order valence-corrected chi connectivity index (χ3v) is 2.34. The summed E-state index contributed by atoms with van der Waals surface area (Å²) in [5.74, 6) is 0. The zero-order valence-corrected chi connectivity index (χ0v) is 9.99. The van der Waals surface area contributed by atoms with Gasteiger partial charge in [-0.1, -0.05) is 0 Å². The zero-order chi connectivity index (χ0) is 14.0. The molecule has 1 atom stereocenters. The van der Waals surface area contributed by atoms with E-state index in [4.69, 9.17) is 39.8 Å². The third-order valence-electron chi connectivity index (χ3n) is 2.34. The van der Waals surface area contributed by atoms with Gasteiger partial charge in [-0.05, 0) is 12.8 Å². The molecule has 18 heavy (non-hydrogen) atoms. The van der Waals surface area contributed by atoms with Gasteiger partial charge in [0.05, 0.1) is 26.4 Å². The molecule has 1 aliphatic heterocycles. The van der Waals surface area contributed by atoms with Gasteiger partial charge in [-0.2, -0.15) is 0 Å². The van der Waals surface area contributed by atoms with Gasteiger partial charge in [0.15, 0.2) is 0 Å². The molecule has 1 fully saturated rings. The van der Waals surface area contributed by atoms with Crippen LogP contribution in [0.1, 0.15) is 12.8 Å². The van der Waals surface area contributed by atoms with Gasteiger partial charge in [0.2, 0.25) is 0 Å². The predicted octanol–water partition coefficient (Wildman–Crippen LogP) is -0.880. The fourth-order valence-corrected chi connectivity index (χ4v) is 1.21. The molecular formula is C10H20O8. The van der Waals surface area contributed by atoms with Crippen molar-refractivity contribution in [3.8, 4) is 0 Å². The molecule has 8 heteroatoms. The van der Waals surface area contributed by atoms with E-state index in [1.807, 2.05) is 0 Å². The Morgan fingerprint density at radius 1 is 1.28 bits per heavy atom. The first-order chi connectivity index (χ1) is 8.49. The molecule has 1 aliphatic rings. The lowest BCUT2D eigenvalue weighted by Crippen LogP contribution is -2.42. The summed E-state index contributed by atoms with van der Waals surface area (Å²) >= 11 is 0. The summed E-state index contributed by atoms with van der Waals surface area (Å²) in [4.78, 5) is 8.56. The number of aliphatic hydroxyl groups excluding tert-OH is 3. The normalized spacial score (nSPS) is 17.8. The van der Waals surface area contributed by atoms with Crippen LogP contribution in [0.3, 0.4) is 0 Å². The number of hydrogen-bond acceptors (Lipinski definition) is 6. The second-order valence-electron chi connectivity index (χ2n) is 3.88. The first-order valence-electron chi connectivity index (χ1n) is 5.49. The lowest BCUT2D eigenvalue weighted by Gasteiger charge is -2.29. The van der Waals surface area contributed by atoms with Crippen molar-refractivity contribution in [3.05, 3.63) is 0 Å². The van der Waals surface area contributed by atoms with Crippen LogP contribution in [0.2, 0.25) is 0 Å². The van der Waals surface area contributed by atoms with E-state index in [2.05, 4.69) is 0 Å². The van der Waals surface area contributed by atoms with Gasteiger partial charge in [-0.25, -0.2) is 4.79 Å². The molecule has 5 N–H and O–H groups in total. The molecule has 1 heterocycles. The minimum absolute atomic E-state index is 0.0328. The molecule has 0 aromatic carbocycles. The maximum absolute atomic E-state index is 9.13. The summed E-state index contributed by atoms with van der Waals surface area (Å²) in [7, 11) is 0. The van der Waals surface area contributed by atoms with Crippen LogP contribution in [-0.4, -0.2) is 76.4 Å². The summed E-state index contributed by atoms with van der Waals surface area (Å²) in [6.45, 7) is 0.636.